The molecule has 0 radical (unpaired) electrons. The molecule has 4 heteroatoms. The van der Waals surface area contributed by atoms with E-state index in [1.165, 1.54) is 0 Å². The van der Waals surface area contributed by atoms with E-state index in [9.17, 15) is 4.79 Å². The second-order valence-electron chi connectivity index (χ2n) is 4.84. The minimum Gasteiger partial charge on any atom is -0.399 e. The second-order valence-corrected chi connectivity index (χ2v) is 5.89. The molecule has 1 aromatic rings. The van der Waals surface area contributed by atoms with Crippen LogP contribution in [0.25, 0.3) is 0 Å². The summed E-state index contributed by atoms with van der Waals surface area (Å²) in [6.45, 7) is 7.04. The van der Waals surface area contributed by atoms with Crippen LogP contribution in [-0.2, 0) is 4.79 Å². The average Bonchev–Trinajstić information content (AvgIpc) is 2.30. The first-order valence-electron chi connectivity index (χ1n) is 6.24. The van der Waals surface area contributed by atoms with Crippen molar-refractivity contribution in [3.63, 3.8) is 0 Å². The topological polar surface area (TPSA) is 55.1 Å². The first kappa shape index (κ1) is 14.9. The van der Waals surface area contributed by atoms with Crippen molar-refractivity contribution in [1.29, 1.82) is 0 Å². The van der Waals surface area contributed by atoms with Crippen LogP contribution in [0.15, 0.2) is 23.1 Å². The van der Waals surface area contributed by atoms with E-state index in [1.54, 1.807) is 11.8 Å². The Kier molecular flexibility index (Phi) is 6.05. The molecule has 0 heterocycles. The molecular formula is C14H22N2OS. The van der Waals surface area contributed by atoms with Crippen molar-refractivity contribution in [2.45, 2.75) is 32.1 Å². The van der Waals surface area contributed by atoms with Crippen molar-refractivity contribution in [3.05, 3.63) is 23.8 Å². The minimum atomic E-state index is 0.0927. The highest BCUT2D eigenvalue weighted by Gasteiger charge is 2.04. The molecule has 3 N–H and O–H groups in total. The molecule has 3 nitrogen and oxygen atoms in total. The number of rotatable bonds is 6. The van der Waals surface area contributed by atoms with Gasteiger partial charge in [-0.3, -0.25) is 4.79 Å². The zero-order chi connectivity index (χ0) is 13.5. The number of benzene rings is 1. The molecule has 0 aliphatic heterocycles. The number of carbonyl (C=O) groups is 1. The highest BCUT2D eigenvalue weighted by Crippen LogP contribution is 2.22. The third kappa shape index (κ3) is 5.45. The molecule has 0 atom stereocenters. The van der Waals surface area contributed by atoms with Gasteiger partial charge >= 0.3 is 0 Å². The summed E-state index contributed by atoms with van der Waals surface area (Å²) in [5.41, 5.74) is 7.60. The SMILES string of the molecule is Cc1cc(SCC(=O)NCCC(C)C)ccc1N. The van der Waals surface area contributed by atoms with Crippen molar-refractivity contribution in [2.75, 3.05) is 18.0 Å². The van der Waals surface area contributed by atoms with Crippen molar-refractivity contribution in [1.82, 2.24) is 5.32 Å². The number of amides is 1. The van der Waals surface area contributed by atoms with E-state index in [0.717, 1.165) is 29.1 Å². The Morgan fingerprint density at radius 2 is 2.17 bits per heavy atom. The third-order valence-corrected chi connectivity index (χ3v) is 3.65. The van der Waals surface area contributed by atoms with Crippen LogP contribution in [0.1, 0.15) is 25.8 Å². The molecule has 0 aliphatic carbocycles. The van der Waals surface area contributed by atoms with Crippen molar-refractivity contribution in [3.8, 4) is 0 Å². The predicted molar refractivity (Wildman–Crippen MR) is 78.8 cm³/mol. The van der Waals surface area contributed by atoms with Gasteiger partial charge in [0.2, 0.25) is 5.91 Å². The molecule has 0 saturated carbocycles. The van der Waals surface area contributed by atoms with Crippen LogP contribution in [-0.4, -0.2) is 18.2 Å². The molecule has 0 aliphatic rings. The van der Waals surface area contributed by atoms with Crippen LogP contribution < -0.4 is 11.1 Å². The molecule has 0 saturated heterocycles. The number of hydrogen-bond donors (Lipinski definition) is 2. The summed E-state index contributed by atoms with van der Waals surface area (Å²) in [4.78, 5) is 12.7. The molecule has 1 amide bonds. The maximum Gasteiger partial charge on any atom is 0.230 e. The smallest absolute Gasteiger partial charge is 0.230 e. The number of aryl methyl sites for hydroxylation is 1. The Morgan fingerprint density at radius 1 is 1.44 bits per heavy atom. The quantitative estimate of drug-likeness (QED) is 0.615. The summed E-state index contributed by atoms with van der Waals surface area (Å²) in [7, 11) is 0. The van der Waals surface area contributed by atoms with Gasteiger partial charge in [-0.05, 0) is 43.0 Å². The standard InChI is InChI=1S/C14H22N2OS/c1-10(2)6-7-16-14(17)9-18-12-4-5-13(15)11(3)8-12/h4-5,8,10H,6-7,9,15H2,1-3H3,(H,16,17). The summed E-state index contributed by atoms with van der Waals surface area (Å²) in [5.74, 6) is 1.18. The van der Waals surface area contributed by atoms with E-state index in [1.807, 2.05) is 25.1 Å². The largest absolute Gasteiger partial charge is 0.399 e. The molecule has 18 heavy (non-hydrogen) atoms. The summed E-state index contributed by atoms with van der Waals surface area (Å²) in [6.07, 6.45) is 1.03. The van der Waals surface area contributed by atoms with Gasteiger partial charge in [0.1, 0.15) is 0 Å². The van der Waals surface area contributed by atoms with Gasteiger partial charge in [-0.25, -0.2) is 0 Å². The summed E-state index contributed by atoms with van der Waals surface area (Å²) >= 11 is 1.54. The third-order valence-electron chi connectivity index (χ3n) is 2.66. The monoisotopic (exact) mass is 266 g/mol. The Labute approximate surface area is 114 Å². The summed E-state index contributed by atoms with van der Waals surface area (Å²) < 4.78 is 0. The van der Waals surface area contributed by atoms with Crippen molar-refractivity contribution in [2.24, 2.45) is 5.92 Å². The molecule has 0 unspecified atom stereocenters. The number of carbonyl (C=O) groups excluding carboxylic acids is 1. The number of anilines is 1. The van der Waals surface area contributed by atoms with Crippen LogP contribution in [0.3, 0.4) is 0 Å². The van der Waals surface area contributed by atoms with Gasteiger partial charge in [0.05, 0.1) is 5.75 Å². The molecule has 0 spiro atoms. The van der Waals surface area contributed by atoms with E-state index in [0.29, 0.717) is 11.7 Å². The Hall–Kier alpha value is -1.16. The maximum absolute atomic E-state index is 11.6. The van der Waals surface area contributed by atoms with E-state index in [2.05, 4.69) is 19.2 Å². The van der Waals surface area contributed by atoms with Gasteiger partial charge in [-0.2, -0.15) is 0 Å². The maximum atomic E-state index is 11.6. The van der Waals surface area contributed by atoms with Gasteiger partial charge < -0.3 is 11.1 Å². The lowest BCUT2D eigenvalue weighted by atomic mass is 10.1. The van der Waals surface area contributed by atoms with Gasteiger partial charge in [-0.1, -0.05) is 13.8 Å². The van der Waals surface area contributed by atoms with Crippen molar-refractivity contribution < 1.29 is 4.79 Å². The van der Waals surface area contributed by atoms with Gasteiger partial charge in [0.25, 0.3) is 0 Å². The van der Waals surface area contributed by atoms with Gasteiger partial charge in [0.15, 0.2) is 0 Å². The first-order valence-corrected chi connectivity index (χ1v) is 7.23. The fourth-order valence-electron chi connectivity index (χ4n) is 1.44. The van der Waals surface area contributed by atoms with Crippen LogP contribution in [0.5, 0.6) is 0 Å². The molecule has 1 aromatic carbocycles. The van der Waals surface area contributed by atoms with E-state index >= 15 is 0 Å². The molecule has 0 fully saturated rings. The molecule has 100 valence electrons. The van der Waals surface area contributed by atoms with E-state index in [-0.39, 0.29) is 5.91 Å². The highest BCUT2D eigenvalue weighted by molar-refractivity contribution is 8.00. The predicted octanol–water partition coefficient (Wildman–Crippen LogP) is 2.83. The van der Waals surface area contributed by atoms with Gasteiger partial charge in [-0.15, -0.1) is 11.8 Å². The molecule has 0 bridgehead atoms. The number of thioether (sulfide) groups is 1. The number of nitrogens with one attached hydrogen (secondary N) is 1. The minimum absolute atomic E-state index is 0.0927. The second kappa shape index (κ2) is 7.31. The Bertz CT molecular complexity index is 405. The van der Waals surface area contributed by atoms with Crippen LogP contribution >= 0.6 is 11.8 Å². The number of nitrogens with two attached hydrogens (primary N) is 1. The lowest BCUT2D eigenvalue weighted by Crippen LogP contribution is -2.26. The number of hydrogen-bond acceptors (Lipinski definition) is 3. The summed E-state index contributed by atoms with van der Waals surface area (Å²) in [6, 6.07) is 5.85. The van der Waals surface area contributed by atoms with E-state index in [4.69, 9.17) is 5.73 Å². The van der Waals surface area contributed by atoms with E-state index < -0.39 is 0 Å². The van der Waals surface area contributed by atoms with Crippen molar-refractivity contribution >= 4 is 23.4 Å². The van der Waals surface area contributed by atoms with Gasteiger partial charge in [0, 0.05) is 17.1 Å². The lowest BCUT2D eigenvalue weighted by molar-refractivity contribution is -0.118. The molecule has 0 aromatic heterocycles. The molecule has 1 rings (SSSR count). The fraction of sp³-hybridized carbons (Fsp3) is 0.500. The Morgan fingerprint density at radius 3 is 2.78 bits per heavy atom. The lowest BCUT2D eigenvalue weighted by Gasteiger charge is -2.07. The molecular weight excluding hydrogens is 244 g/mol. The average molecular weight is 266 g/mol. The highest BCUT2D eigenvalue weighted by atomic mass is 32.2. The first-order chi connectivity index (χ1) is 8.49. The number of nitrogen functional groups attached to an aromatic ring is 1. The zero-order valence-corrected chi connectivity index (χ0v) is 12.1. The fourth-order valence-corrected chi connectivity index (χ4v) is 2.26. The van der Waals surface area contributed by atoms with Crippen LogP contribution in [0.2, 0.25) is 0 Å². The Balaban J connectivity index is 2.31. The van der Waals surface area contributed by atoms with Crippen LogP contribution in [0, 0.1) is 12.8 Å². The summed E-state index contributed by atoms with van der Waals surface area (Å²) in [5, 5.41) is 2.93. The zero-order valence-electron chi connectivity index (χ0n) is 11.3. The normalized spacial score (nSPS) is 10.7. The van der Waals surface area contributed by atoms with Crippen LogP contribution in [0.4, 0.5) is 5.69 Å².